The fourth-order valence-corrected chi connectivity index (χ4v) is 2.59. The summed E-state index contributed by atoms with van der Waals surface area (Å²) in [5, 5.41) is 6.10. The van der Waals surface area contributed by atoms with Crippen molar-refractivity contribution >= 4 is 18.4 Å². The number of amides is 2. The van der Waals surface area contributed by atoms with E-state index in [9.17, 15) is 9.59 Å². The predicted molar refractivity (Wildman–Crippen MR) is 132 cm³/mol. The number of hydrogen-bond donors (Lipinski definition) is 5. The number of aromatic amines is 2. The third-order valence-electron chi connectivity index (χ3n) is 3.82. The van der Waals surface area contributed by atoms with Crippen molar-refractivity contribution in [1.29, 1.82) is 0 Å². The van der Waals surface area contributed by atoms with Gasteiger partial charge in [0.1, 0.15) is 0 Å². The zero-order valence-corrected chi connectivity index (χ0v) is 20.3. The van der Waals surface area contributed by atoms with Gasteiger partial charge in [-0.25, -0.2) is 20.5 Å². The van der Waals surface area contributed by atoms with E-state index < -0.39 is 12.0 Å². The summed E-state index contributed by atoms with van der Waals surface area (Å²) in [5.41, 5.74) is 7.59. The molecule has 188 valence electrons. The molecule has 11 nitrogen and oxygen atoms in total. The highest BCUT2D eigenvalue weighted by atomic mass is 35.5. The zero-order chi connectivity index (χ0) is 24.5. The Balaban J connectivity index is 0.000000534. The largest absolute Gasteiger partial charge is 0.351 e. The first kappa shape index (κ1) is 30.8. The van der Waals surface area contributed by atoms with Crippen LogP contribution in [0.1, 0.15) is 26.3 Å². The molecule has 0 atom stereocenters. The highest BCUT2D eigenvalue weighted by Gasteiger charge is 2.34. The number of nitrogens with two attached hydrogens (primary N) is 2. The molecule has 1 aromatic heterocycles. The molecule has 34 heavy (non-hydrogen) atoms. The van der Waals surface area contributed by atoms with Gasteiger partial charge < -0.3 is 19.9 Å². The van der Waals surface area contributed by atoms with Crippen molar-refractivity contribution in [2.24, 2.45) is 11.6 Å². The number of hydrazine groups is 1. The number of nitrogens with zero attached hydrogens (tertiary/aromatic N) is 1. The quantitative estimate of drug-likeness (QED) is 0.138. The van der Waals surface area contributed by atoms with E-state index >= 15 is 0 Å². The van der Waals surface area contributed by atoms with E-state index in [2.05, 4.69) is 26.8 Å². The number of primary amides is 1. The summed E-state index contributed by atoms with van der Waals surface area (Å²) in [6.45, 7) is 7.39. The van der Waals surface area contributed by atoms with Crippen molar-refractivity contribution in [3.63, 3.8) is 0 Å². The van der Waals surface area contributed by atoms with Crippen molar-refractivity contribution in [3.05, 3.63) is 76.7 Å². The molecule has 3 aromatic rings. The maximum Gasteiger partial charge on any atom is 0.340 e. The fourth-order valence-electron chi connectivity index (χ4n) is 2.59. The Labute approximate surface area is 204 Å². The molecule has 12 heteroatoms. The Morgan fingerprint density at radius 3 is 1.74 bits per heavy atom. The second-order valence-corrected chi connectivity index (χ2v) is 6.12. The van der Waals surface area contributed by atoms with E-state index in [0.717, 1.165) is 11.1 Å². The van der Waals surface area contributed by atoms with Crippen LogP contribution in [0.4, 0.5) is 4.79 Å². The molecule has 2 aromatic carbocycles. The zero-order valence-electron chi connectivity index (χ0n) is 19.4. The minimum atomic E-state index is -1.06. The summed E-state index contributed by atoms with van der Waals surface area (Å²) in [4.78, 5) is 22.6. The lowest BCUT2D eigenvalue weighted by atomic mass is 10.2. The number of H-pyrrole nitrogens is 2. The lowest BCUT2D eigenvalue weighted by molar-refractivity contribution is -0.389. The molecule has 0 fully saturated rings. The second-order valence-electron chi connectivity index (χ2n) is 6.12. The van der Waals surface area contributed by atoms with Crippen LogP contribution < -0.4 is 22.7 Å². The van der Waals surface area contributed by atoms with Crippen LogP contribution in [0, 0.1) is 0 Å². The van der Waals surface area contributed by atoms with Crippen molar-refractivity contribution in [2.45, 2.75) is 26.7 Å². The van der Waals surface area contributed by atoms with Crippen molar-refractivity contribution in [1.82, 2.24) is 20.6 Å². The molecule has 1 heterocycles. The van der Waals surface area contributed by atoms with E-state index in [1.165, 1.54) is 0 Å². The highest BCUT2D eigenvalue weighted by molar-refractivity contribution is 5.85. The SMILES string of the molecule is CCOC(OCC)(OCC)c1ccccc1.Cl.NNC(N)=O.O=c1[nH]nc(-c2ccccc2)[nH]1. The normalized spacial score (nSPS) is 10.0. The molecule has 0 unspecified atom stereocenters. The summed E-state index contributed by atoms with van der Waals surface area (Å²) in [5.74, 6) is 3.96. The molecule has 2 amide bonds. The summed E-state index contributed by atoms with van der Waals surface area (Å²) >= 11 is 0. The van der Waals surface area contributed by atoms with E-state index in [4.69, 9.17) is 14.2 Å². The molecular weight excluding hydrogens is 464 g/mol. The first-order valence-electron chi connectivity index (χ1n) is 10.4. The Bertz CT molecular complexity index is 951. The number of urea groups is 1. The van der Waals surface area contributed by atoms with E-state index in [0.29, 0.717) is 25.6 Å². The number of rotatable bonds is 8. The van der Waals surface area contributed by atoms with Crippen molar-refractivity contribution in [2.75, 3.05) is 19.8 Å². The first-order chi connectivity index (χ1) is 15.9. The molecule has 0 saturated heterocycles. The summed E-state index contributed by atoms with van der Waals surface area (Å²) < 4.78 is 17.0. The van der Waals surface area contributed by atoms with Gasteiger partial charge in [0.15, 0.2) is 5.82 Å². The molecule has 7 N–H and O–H groups in total. The number of benzene rings is 2. The molecular formula is C22H33ClN6O5. The molecule has 0 aliphatic heterocycles. The summed E-state index contributed by atoms with van der Waals surface area (Å²) in [6, 6.07) is 18.5. The first-order valence-corrected chi connectivity index (χ1v) is 10.4. The minimum Gasteiger partial charge on any atom is -0.351 e. The van der Waals surface area contributed by atoms with Crippen LogP contribution in [0.2, 0.25) is 0 Å². The summed E-state index contributed by atoms with van der Waals surface area (Å²) in [6.07, 6.45) is 0. The number of carbonyl (C=O) groups excluding carboxylic acids is 1. The number of ether oxygens (including phenoxy) is 3. The average molecular weight is 497 g/mol. The second kappa shape index (κ2) is 17.3. The molecule has 0 aliphatic rings. The minimum absolute atomic E-state index is 0. The van der Waals surface area contributed by atoms with Gasteiger partial charge in [-0.05, 0) is 20.8 Å². The van der Waals surface area contributed by atoms with Crippen LogP contribution in [-0.2, 0) is 20.2 Å². The van der Waals surface area contributed by atoms with Crippen LogP contribution in [-0.4, -0.2) is 41.0 Å². The third-order valence-corrected chi connectivity index (χ3v) is 3.82. The number of hydrogen-bond acceptors (Lipinski definition) is 7. The number of carbonyl (C=O) groups is 1. The van der Waals surface area contributed by atoms with Crippen molar-refractivity contribution < 1.29 is 19.0 Å². The molecule has 0 saturated carbocycles. The molecule has 0 aliphatic carbocycles. The van der Waals surface area contributed by atoms with Gasteiger partial charge in [-0.3, -0.25) is 10.4 Å². The third kappa shape index (κ3) is 10.6. The Morgan fingerprint density at radius 1 is 0.941 bits per heavy atom. The molecule has 3 rings (SSSR count). The highest BCUT2D eigenvalue weighted by Crippen LogP contribution is 2.28. The van der Waals surface area contributed by atoms with Gasteiger partial charge in [-0.15, -0.1) is 12.4 Å². The summed E-state index contributed by atoms with van der Waals surface area (Å²) in [7, 11) is 0. The van der Waals surface area contributed by atoms with Crippen LogP contribution in [0.25, 0.3) is 11.4 Å². The van der Waals surface area contributed by atoms with Crippen LogP contribution in [0.15, 0.2) is 65.5 Å². The Kier molecular flexibility index (Phi) is 15.6. The lowest BCUT2D eigenvalue weighted by Crippen LogP contribution is -2.36. The van der Waals surface area contributed by atoms with Gasteiger partial charge in [0, 0.05) is 30.9 Å². The topological polar surface area (TPSA) is 170 Å². The standard InChI is InChI=1S/C13H20O3.C8H7N3O.CH5N3O.ClH/c1-4-14-13(15-5-2,16-6-3)12-10-8-7-9-11-12;12-8-9-7(10-11-8)6-4-2-1-3-5-6;2-1(5)4-3;/h7-11H,4-6H2,1-3H3;1-5H,(H2,9,10,11,12);3H2,(H3,2,4,5);1H. The van der Waals surface area contributed by atoms with Gasteiger partial charge in [0.25, 0.3) is 0 Å². The lowest BCUT2D eigenvalue weighted by Gasteiger charge is -2.32. The van der Waals surface area contributed by atoms with Crippen LogP contribution in [0.3, 0.4) is 0 Å². The van der Waals surface area contributed by atoms with Gasteiger partial charge in [0.05, 0.1) is 0 Å². The predicted octanol–water partition coefficient (Wildman–Crippen LogP) is 2.62. The average Bonchev–Trinajstić information content (AvgIpc) is 3.28. The fraction of sp³-hybridized carbons (Fsp3) is 0.318. The van der Waals surface area contributed by atoms with E-state index in [-0.39, 0.29) is 18.1 Å². The number of nitrogens with one attached hydrogen (secondary N) is 3. The van der Waals surface area contributed by atoms with Crippen molar-refractivity contribution in [3.8, 4) is 11.4 Å². The molecule has 0 bridgehead atoms. The van der Waals surface area contributed by atoms with Gasteiger partial charge in [-0.1, -0.05) is 60.7 Å². The van der Waals surface area contributed by atoms with Crippen LogP contribution >= 0.6 is 12.4 Å². The Hall–Kier alpha value is -3.22. The number of aromatic nitrogens is 3. The monoisotopic (exact) mass is 496 g/mol. The maximum atomic E-state index is 10.7. The van der Waals surface area contributed by atoms with E-state index in [1.807, 2.05) is 81.4 Å². The van der Waals surface area contributed by atoms with Crippen LogP contribution in [0.5, 0.6) is 0 Å². The molecule has 0 spiro atoms. The Morgan fingerprint density at radius 2 is 1.38 bits per heavy atom. The smallest absolute Gasteiger partial charge is 0.340 e. The maximum absolute atomic E-state index is 10.7. The van der Waals surface area contributed by atoms with Gasteiger partial charge >= 0.3 is 17.7 Å². The van der Waals surface area contributed by atoms with E-state index in [1.54, 1.807) is 5.43 Å². The number of halogens is 1. The van der Waals surface area contributed by atoms with Gasteiger partial charge in [-0.2, -0.15) is 5.10 Å². The molecule has 0 radical (unpaired) electrons. The van der Waals surface area contributed by atoms with Gasteiger partial charge in [0.2, 0.25) is 0 Å².